The smallest absolute Gasteiger partial charge is 0.312 e. The Kier molecular flexibility index (Phi) is 6.29. The highest BCUT2D eigenvalue weighted by atomic mass is 32.1. The fourth-order valence-corrected chi connectivity index (χ4v) is 3.94. The van der Waals surface area contributed by atoms with Gasteiger partial charge in [-0.05, 0) is 36.4 Å². The third-order valence-corrected chi connectivity index (χ3v) is 5.64. The van der Waals surface area contributed by atoms with Crippen LogP contribution in [0.3, 0.4) is 0 Å². The Morgan fingerprint density at radius 3 is 2.86 bits per heavy atom. The number of carbonyl (C=O) groups excluding carboxylic acids is 3. The zero-order chi connectivity index (χ0) is 21.0. The van der Waals surface area contributed by atoms with E-state index in [-0.39, 0.29) is 18.9 Å². The van der Waals surface area contributed by atoms with Gasteiger partial charge < -0.3 is 15.0 Å². The molecule has 2 amide bonds. The fourth-order valence-electron chi connectivity index (χ4n) is 3.20. The molecule has 1 saturated heterocycles. The Bertz CT molecular complexity index is 978. The number of hydrogen-bond donors (Lipinski definition) is 1. The normalized spacial score (nSPS) is 16.9. The molecule has 7 nitrogen and oxygen atoms in total. The van der Waals surface area contributed by atoms with Gasteiger partial charge in [-0.25, -0.2) is 0 Å². The van der Waals surface area contributed by atoms with Crippen LogP contribution in [-0.4, -0.2) is 30.4 Å². The molecule has 3 rings (SSSR count). The predicted octanol–water partition coefficient (Wildman–Crippen LogP) is 3.11. The lowest BCUT2D eigenvalue weighted by Crippen LogP contribution is -2.33. The minimum atomic E-state index is -1.04. The molecular weight excluding hydrogens is 390 g/mol. The van der Waals surface area contributed by atoms with E-state index in [1.54, 1.807) is 16.3 Å². The first-order chi connectivity index (χ1) is 13.9. The number of ether oxygens (including phenoxy) is 1. The molecule has 0 unspecified atom stereocenters. The Balaban J connectivity index is 1.61. The van der Waals surface area contributed by atoms with Crippen molar-refractivity contribution in [3.05, 3.63) is 46.8 Å². The van der Waals surface area contributed by atoms with Crippen molar-refractivity contribution >= 4 is 39.8 Å². The van der Waals surface area contributed by atoms with Crippen LogP contribution in [-0.2, 0) is 25.5 Å². The largest absolute Gasteiger partial charge is 0.452 e. The monoisotopic (exact) mass is 411 g/mol. The zero-order valence-electron chi connectivity index (χ0n) is 16.2. The van der Waals surface area contributed by atoms with E-state index >= 15 is 0 Å². The van der Waals surface area contributed by atoms with Gasteiger partial charge in [0.15, 0.2) is 6.10 Å². The van der Waals surface area contributed by atoms with Crippen LogP contribution in [0.4, 0.5) is 10.7 Å². The number of anilines is 2. The van der Waals surface area contributed by atoms with Crippen LogP contribution in [0, 0.1) is 17.2 Å². The first-order valence-electron chi connectivity index (χ1n) is 9.31. The van der Waals surface area contributed by atoms with Crippen LogP contribution >= 0.6 is 11.3 Å². The number of esters is 1. The molecule has 0 radical (unpaired) electrons. The second kappa shape index (κ2) is 8.88. The van der Waals surface area contributed by atoms with E-state index in [9.17, 15) is 14.4 Å². The number of nitrogens with zero attached hydrogens (tertiary/aromatic N) is 2. The quantitative estimate of drug-likeness (QED) is 0.737. The molecule has 1 aromatic carbocycles. The topological polar surface area (TPSA) is 99.5 Å². The van der Waals surface area contributed by atoms with E-state index in [1.165, 1.54) is 18.3 Å². The average Bonchev–Trinajstić information content (AvgIpc) is 3.33. The molecule has 1 aromatic heterocycles. The van der Waals surface area contributed by atoms with Gasteiger partial charge in [0.05, 0.1) is 11.5 Å². The maximum Gasteiger partial charge on any atom is 0.312 e. The van der Waals surface area contributed by atoms with Gasteiger partial charge in [-0.15, -0.1) is 11.3 Å². The van der Waals surface area contributed by atoms with Gasteiger partial charge in [0.25, 0.3) is 5.91 Å². The van der Waals surface area contributed by atoms with Gasteiger partial charge in [0.1, 0.15) is 11.1 Å². The fraction of sp³-hybridized carbons (Fsp3) is 0.333. The van der Waals surface area contributed by atoms with Crippen LogP contribution in [0.15, 0.2) is 35.7 Å². The first kappa shape index (κ1) is 20.6. The van der Waals surface area contributed by atoms with Crippen molar-refractivity contribution in [2.75, 3.05) is 16.8 Å². The molecule has 2 atom stereocenters. The van der Waals surface area contributed by atoms with E-state index < -0.39 is 23.9 Å². The standard InChI is InChI=1S/C21H21N3O4S/c1-3-14-6-4-5-7-17(14)24-12-16(10-18(24)25)21(27)28-13(2)19(26)23-20-15(11-22)8-9-29-20/h4-9,13,16H,3,10,12H2,1-2H3,(H,23,26)/t13-,16-/m0/s1. The summed E-state index contributed by atoms with van der Waals surface area (Å²) in [6.45, 7) is 3.71. The molecular formula is C21H21N3O4S. The number of aryl methyl sites for hydroxylation is 1. The zero-order valence-corrected chi connectivity index (χ0v) is 17.0. The van der Waals surface area contributed by atoms with Crippen LogP contribution in [0.2, 0.25) is 0 Å². The molecule has 0 bridgehead atoms. The maximum atomic E-state index is 12.5. The summed E-state index contributed by atoms with van der Waals surface area (Å²) in [6, 6.07) is 11.2. The SMILES string of the molecule is CCc1ccccc1N1C[C@@H](C(=O)O[C@@H](C)C(=O)Nc2sccc2C#N)CC1=O. The Morgan fingerprint density at radius 1 is 1.38 bits per heavy atom. The van der Waals surface area contributed by atoms with E-state index in [4.69, 9.17) is 10.00 Å². The number of carbonyl (C=O) groups is 3. The predicted molar refractivity (Wildman–Crippen MR) is 109 cm³/mol. The van der Waals surface area contributed by atoms with Crippen molar-refractivity contribution in [2.45, 2.75) is 32.8 Å². The number of para-hydroxylation sites is 1. The summed E-state index contributed by atoms with van der Waals surface area (Å²) in [5, 5.41) is 13.7. The van der Waals surface area contributed by atoms with Crippen LogP contribution in [0.5, 0.6) is 0 Å². The summed E-state index contributed by atoms with van der Waals surface area (Å²) < 4.78 is 5.30. The summed E-state index contributed by atoms with van der Waals surface area (Å²) in [6.07, 6.45) is -0.211. The summed E-state index contributed by atoms with van der Waals surface area (Å²) in [7, 11) is 0. The molecule has 150 valence electrons. The maximum absolute atomic E-state index is 12.5. The number of nitriles is 1. The molecule has 2 heterocycles. The van der Waals surface area contributed by atoms with E-state index in [2.05, 4.69) is 5.32 Å². The number of rotatable bonds is 6. The lowest BCUT2D eigenvalue weighted by Gasteiger charge is -2.20. The van der Waals surface area contributed by atoms with Gasteiger partial charge in [-0.1, -0.05) is 25.1 Å². The van der Waals surface area contributed by atoms with Crippen molar-refractivity contribution in [2.24, 2.45) is 5.92 Å². The number of benzene rings is 1. The molecule has 1 aliphatic rings. The van der Waals surface area contributed by atoms with Gasteiger partial charge in [0, 0.05) is 18.7 Å². The van der Waals surface area contributed by atoms with Gasteiger partial charge >= 0.3 is 5.97 Å². The third kappa shape index (κ3) is 4.46. The molecule has 1 aliphatic heterocycles. The van der Waals surface area contributed by atoms with E-state index in [0.29, 0.717) is 10.6 Å². The average molecular weight is 411 g/mol. The van der Waals surface area contributed by atoms with E-state index in [0.717, 1.165) is 17.7 Å². The molecule has 1 N–H and O–H groups in total. The Hall–Kier alpha value is -3.18. The van der Waals surface area contributed by atoms with Crippen LogP contribution in [0.1, 0.15) is 31.4 Å². The van der Waals surface area contributed by atoms with Gasteiger partial charge in [0.2, 0.25) is 5.91 Å². The molecule has 0 spiro atoms. The molecule has 8 heteroatoms. The first-order valence-corrected chi connectivity index (χ1v) is 10.2. The minimum Gasteiger partial charge on any atom is -0.452 e. The van der Waals surface area contributed by atoms with E-state index in [1.807, 2.05) is 37.3 Å². The number of thiophene rings is 1. The van der Waals surface area contributed by atoms with Gasteiger partial charge in [-0.3, -0.25) is 14.4 Å². The van der Waals surface area contributed by atoms with Gasteiger partial charge in [-0.2, -0.15) is 5.26 Å². The molecule has 1 fully saturated rings. The lowest BCUT2D eigenvalue weighted by molar-refractivity contribution is -0.157. The van der Waals surface area contributed by atoms with Crippen molar-refractivity contribution in [1.29, 1.82) is 5.26 Å². The van der Waals surface area contributed by atoms with Crippen molar-refractivity contribution in [3.63, 3.8) is 0 Å². The van der Waals surface area contributed by atoms with Crippen LogP contribution < -0.4 is 10.2 Å². The summed E-state index contributed by atoms with van der Waals surface area (Å²) in [5.74, 6) is -1.86. The number of amides is 2. The van der Waals surface area contributed by atoms with Crippen molar-refractivity contribution < 1.29 is 19.1 Å². The summed E-state index contributed by atoms with van der Waals surface area (Å²) in [5.41, 5.74) is 2.20. The second-order valence-corrected chi connectivity index (χ2v) is 7.65. The molecule has 2 aromatic rings. The third-order valence-electron chi connectivity index (χ3n) is 4.81. The Labute approximate surface area is 172 Å². The highest BCUT2D eigenvalue weighted by molar-refractivity contribution is 7.14. The minimum absolute atomic E-state index is 0.0503. The highest BCUT2D eigenvalue weighted by Crippen LogP contribution is 2.29. The number of nitrogens with one attached hydrogen (secondary N) is 1. The molecule has 0 aliphatic carbocycles. The number of hydrogen-bond acceptors (Lipinski definition) is 6. The van der Waals surface area contributed by atoms with Crippen molar-refractivity contribution in [1.82, 2.24) is 0 Å². The molecule has 0 saturated carbocycles. The Morgan fingerprint density at radius 2 is 2.14 bits per heavy atom. The summed E-state index contributed by atoms with van der Waals surface area (Å²) in [4.78, 5) is 38.9. The highest BCUT2D eigenvalue weighted by Gasteiger charge is 2.37. The molecule has 29 heavy (non-hydrogen) atoms. The van der Waals surface area contributed by atoms with Crippen molar-refractivity contribution in [3.8, 4) is 6.07 Å². The summed E-state index contributed by atoms with van der Waals surface area (Å²) >= 11 is 1.22. The lowest BCUT2D eigenvalue weighted by atomic mass is 10.1. The second-order valence-electron chi connectivity index (χ2n) is 6.73. The van der Waals surface area contributed by atoms with Crippen LogP contribution in [0.25, 0.3) is 0 Å².